The number of nitrogens with two attached hydrogens (primary N) is 1. The minimum atomic E-state index is 0.160. The number of ether oxygens (including phenoxy) is 2. The zero-order valence-corrected chi connectivity index (χ0v) is 15.9. The quantitative estimate of drug-likeness (QED) is 0.692. The Labute approximate surface area is 158 Å². The molecule has 0 amide bonds. The van der Waals surface area contributed by atoms with Crippen LogP contribution in [0.25, 0.3) is 6.08 Å². The molecule has 26 heavy (non-hydrogen) atoms. The van der Waals surface area contributed by atoms with Gasteiger partial charge in [0.05, 0.1) is 17.3 Å². The normalized spacial score (nSPS) is 12.2. The number of aromatic nitrogens is 1. The summed E-state index contributed by atoms with van der Waals surface area (Å²) >= 11 is 6.21. The average molecular weight is 375 g/mol. The van der Waals surface area contributed by atoms with E-state index >= 15 is 0 Å². The molecule has 0 aliphatic carbocycles. The summed E-state index contributed by atoms with van der Waals surface area (Å²) < 4.78 is 11.1. The van der Waals surface area contributed by atoms with Crippen molar-refractivity contribution in [3.63, 3.8) is 0 Å². The smallest absolute Gasteiger partial charge is 0.242 e. The van der Waals surface area contributed by atoms with Crippen LogP contribution in [0, 0.1) is 5.92 Å². The Hall–Kier alpha value is -2.53. The first kappa shape index (κ1) is 19.8. The van der Waals surface area contributed by atoms with Gasteiger partial charge in [0.25, 0.3) is 0 Å². The summed E-state index contributed by atoms with van der Waals surface area (Å²) in [6.07, 6.45) is 6.02. The highest BCUT2D eigenvalue weighted by Crippen LogP contribution is 2.34. The van der Waals surface area contributed by atoms with Crippen molar-refractivity contribution < 1.29 is 14.3 Å². The number of nitrogens with zero attached hydrogens (tertiary/aromatic N) is 1. The highest BCUT2D eigenvalue weighted by Gasteiger charge is 2.09. The highest BCUT2D eigenvalue weighted by molar-refractivity contribution is 6.32. The zero-order valence-electron chi connectivity index (χ0n) is 15.2. The van der Waals surface area contributed by atoms with Crippen molar-refractivity contribution in [2.24, 2.45) is 5.92 Å². The van der Waals surface area contributed by atoms with Crippen molar-refractivity contribution in [2.45, 2.75) is 27.2 Å². The van der Waals surface area contributed by atoms with Gasteiger partial charge >= 0.3 is 0 Å². The minimum absolute atomic E-state index is 0.160. The molecule has 0 aliphatic rings. The maximum Gasteiger partial charge on any atom is 0.242 e. The van der Waals surface area contributed by atoms with Crippen LogP contribution in [0.4, 0.5) is 5.69 Å². The monoisotopic (exact) mass is 374 g/mol. The van der Waals surface area contributed by atoms with Crippen molar-refractivity contribution in [3.8, 4) is 17.4 Å². The van der Waals surface area contributed by atoms with Gasteiger partial charge in [0, 0.05) is 18.7 Å². The lowest BCUT2D eigenvalue weighted by Gasteiger charge is -2.11. The molecule has 0 saturated heterocycles. The molecule has 1 heterocycles. The predicted molar refractivity (Wildman–Crippen MR) is 105 cm³/mol. The molecule has 6 heteroatoms. The number of ketones is 1. The number of anilines is 1. The van der Waals surface area contributed by atoms with E-state index in [0.717, 1.165) is 5.56 Å². The number of hydrogen-bond acceptors (Lipinski definition) is 5. The maximum absolute atomic E-state index is 11.1. The van der Waals surface area contributed by atoms with Crippen LogP contribution in [0.2, 0.25) is 5.02 Å². The molecule has 0 spiro atoms. The van der Waals surface area contributed by atoms with E-state index in [2.05, 4.69) is 4.98 Å². The van der Waals surface area contributed by atoms with Crippen LogP contribution in [0.1, 0.15) is 32.8 Å². The third-order valence-electron chi connectivity index (χ3n) is 3.55. The number of carbonyl (C=O) groups excluding carboxylic acids is 1. The number of hydrogen-bond donors (Lipinski definition) is 1. The molecule has 1 aromatic carbocycles. The molecule has 2 N–H and O–H groups in total. The zero-order chi connectivity index (χ0) is 19.1. The number of carbonyl (C=O) groups is 1. The molecule has 0 bridgehead atoms. The fraction of sp³-hybridized carbons (Fsp3) is 0.300. The van der Waals surface area contributed by atoms with Gasteiger partial charge in [0.2, 0.25) is 5.88 Å². The van der Waals surface area contributed by atoms with Crippen molar-refractivity contribution >= 4 is 29.1 Å². The molecule has 0 aliphatic heterocycles. The van der Waals surface area contributed by atoms with E-state index in [-0.39, 0.29) is 17.6 Å². The van der Waals surface area contributed by atoms with E-state index in [1.54, 1.807) is 37.4 Å². The molecule has 2 rings (SSSR count). The second-order valence-corrected chi connectivity index (χ2v) is 6.44. The molecule has 0 unspecified atom stereocenters. The number of Topliss-reactive ketones (excluding diaryl/α,β-unsaturated/α-hetero) is 1. The molecule has 5 nitrogen and oxygen atoms in total. The van der Waals surface area contributed by atoms with Gasteiger partial charge in [-0.05, 0) is 43.5 Å². The van der Waals surface area contributed by atoms with Gasteiger partial charge < -0.3 is 20.0 Å². The van der Waals surface area contributed by atoms with E-state index < -0.39 is 0 Å². The average Bonchev–Trinajstić information content (AvgIpc) is 2.57. The Morgan fingerprint density at radius 2 is 2.15 bits per heavy atom. The Morgan fingerprint density at radius 3 is 2.77 bits per heavy atom. The van der Waals surface area contributed by atoms with Crippen LogP contribution < -0.4 is 15.2 Å². The number of nitrogen functional groups attached to an aromatic ring is 1. The third kappa shape index (κ3) is 5.77. The topological polar surface area (TPSA) is 74.4 Å². The van der Waals surface area contributed by atoms with E-state index in [4.69, 9.17) is 26.8 Å². The van der Waals surface area contributed by atoms with Gasteiger partial charge in [-0.2, -0.15) is 0 Å². The predicted octanol–water partition coefficient (Wildman–Crippen LogP) is 5.14. The van der Waals surface area contributed by atoms with Crippen molar-refractivity contribution in [1.29, 1.82) is 0 Å². The van der Waals surface area contributed by atoms with Crippen LogP contribution in [0.15, 0.2) is 36.5 Å². The lowest BCUT2D eigenvalue weighted by Crippen LogP contribution is -1.98. The van der Waals surface area contributed by atoms with Gasteiger partial charge in [-0.15, -0.1) is 0 Å². The molecular formula is C20H23ClN2O3. The van der Waals surface area contributed by atoms with Crippen molar-refractivity contribution in [2.75, 3.05) is 12.3 Å². The number of benzene rings is 1. The van der Waals surface area contributed by atoms with Crippen LogP contribution >= 0.6 is 11.6 Å². The molecule has 1 aromatic heterocycles. The van der Waals surface area contributed by atoms with Gasteiger partial charge in [0.1, 0.15) is 17.3 Å². The van der Waals surface area contributed by atoms with E-state index in [1.807, 2.05) is 26.0 Å². The fourth-order valence-electron chi connectivity index (χ4n) is 2.38. The number of rotatable bonds is 8. The van der Waals surface area contributed by atoms with Crippen LogP contribution in [-0.2, 0) is 4.79 Å². The second kappa shape index (κ2) is 9.25. The van der Waals surface area contributed by atoms with Gasteiger partial charge in [-0.25, -0.2) is 4.98 Å². The highest BCUT2D eigenvalue weighted by atomic mass is 35.5. The molecule has 0 fully saturated rings. The van der Waals surface area contributed by atoms with E-state index in [9.17, 15) is 4.79 Å². The van der Waals surface area contributed by atoms with Gasteiger partial charge in [-0.1, -0.05) is 30.7 Å². The molecule has 0 saturated carbocycles. The van der Waals surface area contributed by atoms with Crippen molar-refractivity contribution in [3.05, 3.63) is 47.1 Å². The first-order chi connectivity index (χ1) is 12.4. The largest absolute Gasteiger partial charge is 0.494 e. The lowest BCUT2D eigenvalue weighted by atomic mass is 10.0. The summed E-state index contributed by atoms with van der Waals surface area (Å²) in [4.78, 5) is 15.4. The Kier molecular flexibility index (Phi) is 7.04. The summed E-state index contributed by atoms with van der Waals surface area (Å²) in [7, 11) is 0. The standard InChI is InChI=1S/C20H23ClN2O3/c1-4-25-16-7-8-19(17(21)11-16)26-20-18(22)10-15(12-23-20)6-5-13(2)9-14(3)24/h5-8,10-13H,4,9,22H2,1-3H3/b6-5+/t13-/m0/s1. The van der Waals surface area contributed by atoms with Gasteiger partial charge in [-0.3, -0.25) is 0 Å². The Bertz CT molecular complexity index is 806. The molecule has 1 atom stereocenters. The summed E-state index contributed by atoms with van der Waals surface area (Å²) in [5.41, 5.74) is 7.28. The van der Waals surface area contributed by atoms with Gasteiger partial charge in [0.15, 0.2) is 0 Å². The van der Waals surface area contributed by atoms with E-state index in [0.29, 0.717) is 35.2 Å². The SMILES string of the molecule is CCOc1ccc(Oc2ncc(/C=C/[C@H](C)CC(C)=O)cc2N)c(Cl)c1. The number of allylic oxidation sites excluding steroid dienone is 1. The fourth-order valence-corrected chi connectivity index (χ4v) is 2.59. The summed E-state index contributed by atoms with van der Waals surface area (Å²) in [6, 6.07) is 6.94. The Balaban J connectivity index is 2.10. The van der Waals surface area contributed by atoms with E-state index in [1.165, 1.54) is 0 Å². The van der Waals surface area contributed by atoms with Crippen LogP contribution in [0.5, 0.6) is 17.4 Å². The second-order valence-electron chi connectivity index (χ2n) is 6.03. The first-order valence-electron chi connectivity index (χ1n) is 8.42. The molecular weight excluding hydrogens is 352 g/mol. The molecule has 0 radical (unpaired) electrons. The van der Waals surface area contributed by atoms with Crippen LogP contribution in [0.3, 0.4) is 0 Å². The summed E-state index contributed by atoms with van der Waals surface area (Å²) in [6.45, 7) is 6.03. The number of pyridine rings is 1. The Morgan fingerprint density at radius 1 is 1.38 bits per heavy atom. The van der Waals surface area contributed by atoms with Crippen LogP contribution in [-0.4, -0.2) is 17.4 Å². The minimum Gasteiger partial charge on any atom is -0.494 e. The number of halogens is 1. The summed E-state index contributed by atoms with van der Waals surface area (Å²) in [5, 5.41) is 0.416. The molecule has 2 aromatic rings. The first-order valence-corrected chi connectivity index (χ1v) is 8.80. The maximum atomic E-state index is 11.1. The third-order valence-corrected chi connectivity index (χ3v) is 3.84. The summed E-state index contributed by atoms with van der Waals surface area (Å²) in [5.74, 6) is 1.73. The lowest BCUT2D eigenvalue weighted by molar-refractivity contribution is -0.117. The molecule has 138 valence electrons. The van der Waals surface area contributed by atoms with Crippen molar-refractivity contribution in [1.82, 2.24) is 4.98 Å².